The summed E-state index contributed by atoms with van der Waals surface area (Å²) < 4.78 is 11.9. The molecule has 0 bridgehead atoms. The first kappa shape index (κ1) is 24.9. The SMILES string of the molecule is COc1ccc(NC(=O)CSc2nc3ccc(NC(=O)COc4ccccc4)cc3s2)c([N+](=O)[O-])c1. The van der Waals surface area contributed by atoms with Crippen molar-refractivity contribution in [2.45, 2.75) is 4.34 Å². The van der Waals surface area contributed by atoms with Gasteiger partial charge in [-0.05, 0) is 42.5 Å². The van der Waals surface area contributed by atoms with Gasteiger partial charge in [-0.3, -0.25) is 19.7 Å². The number of thiazole rings is 1. The number of rotatable bonds is 10. The van der Waals surface area contributed by atoms with E-state index in [-0.39, 0.29) is 29.6 Å². The summed E-state index contributed by atoms with van der Waals surface area (Å²) in [6.07, 6.45) is 0. The van der Waals surface area contributed by atoms with Gasteiger partial charge in [0.1, 0.15) is 17.2 Å². The van der Waals surface area contributed by atoms with E-state index in [0.29, 0.717) is 21.5 Å². The molecule has 0 aliphatic rings. The van der Waals surface area contributed by atoms with Crippen molar-refractivity contribution in [2.75, 3.05) is 30.1 Å². The molecule has 184 valence electrons. The van der Waals surface area contributed by atoms with Crippen molar-refractivity contribution in [1.82, 2.24) is 4.98 Å². The molecule has 0 aliphatic carbocycles. The maximum Gasteiger partial charge on any atom is 0.296 e. The van der Waals surface area contributed by atoms with E-state index in [0.717, 1.165) is 10.2 Å². The predicted octanol–water partition coefficient (Wildman–Crippen LogP) is 4.96. The van der Waals surface area contributed by atoms with Crippen molar-refractivity contribution >= 4 is 62.2 Å². The van der Waals surface area contributed by atoms with Crippen molar-refractivity contribution < 1.29 is 24.0 Å². The van der Waals surface area contributed by atoms with E-state index in [9.17, 15) is 19.7 Å². The first-order valence-electron chi connectivity index (χ1n) is 10.5. The maximum atomic E-state index is 12.4. The largest absolute Gasteiger partial charge is 0.496 e. The number of anilines is 2. The molecule has 0 spiro atoms. The zero-order chi connectivity index (χ0) is 25.5. The van der Waals surface area contributed by atoms with Crippen LogP contribution in [-0.2, 0) is 9.59 Å². The van der Waals surface area contributed by atoms with Gasteiger partial charge in [-0.15, -0.1) is 11.3 Å². The number of benzene rings is 3. The Balaban J connectivity index is 1.33. The number of para-hydroxylation sites is 1. The first-order chi connectivity index (χ1) is 17.4. The van der Waals surface area contributed by atoms with Crippen LogP contribution in [-0.4, -0.2) is 41.2 Å². The molecule has 0 saturated heterocycles. The number of nitrogens with zero attached hydrogens (tertiary/aromatic N) is 2. The maximum absolute atomic E-state index is 12.4. The summed E-state index contributed by atoms with van der Waals surface area (Å²) in [6.45, 7) is -0.118. The number of nitrogens with one attached hydrogen (secondary N) is 2. The monoisotopic (exact) mass is 524 g/mol. The van der Waals surface area contributed by atoms with Crippen LogP contribution in [0, 0.1) is 10.1 Å². The third kappa shape index (κ3) is 6.49. The topological polar surface area (TPSA) is 133 Å². The van der Waals surface area contributed by atoms with Crippen molar-refractivity contribution in [2.24, 2.45) is 0 Å². The normalized spacial score (nSPS) is 10.6. The van der Waals surface area contributed by atoms with E-state index in [1.54, 1.807) is 30.3 Å². The van der Waals surface area contributed by atoms with Gasteiger partial charge in [0.2, 0.25) is 5.91 Å². The molecule has 0 saturated carbocycles. The molecule has 10 nitrogen and oxygen atoms in total. The van der Waals surface area contributed by atoms with Gasteiger partial charge in [0.25, 0.3) is 11.6 Å². The van der Waals surface area contributed by atoms with E-state index in [1.165, 1.54) is 48.4 Å². The molecule has 36 heavy (non-hydrogen) atoms. The Morgan fingerprint density at radius 1 is 1.03 bits per heavy atom. The average molecular weight is 525 g/mol. The van der Waals surface area contributed by atoms with Crippen LogP contribution in [0.5, 0.6) is 11.5 Å². The molecule has 1 heterocycles. The van der Waals surface area contributed by atoms with Crippen molar-refractivity contribution in [3.05, 3.63) is 76.8 Å². The highest BCUT2D eigenvalue weighted by Gasteiger charge is 2.18. The number of ether oxygens (including phenoxy) is 2. The van der Waals surface area contributed by atoms with E-state index in [2.05, 4.69) is 15.6 Å². The molecule has 4 aromatic rings. The molecular formula is C24H20N4O6S2. The summed E-state index contributed by atoms with van der Waals surface area (Å²) in [5.74, 6) is 0.254. The quantitative estimate of drug-likeness (QED) is 0.169. The lowest BCUT2D eigenvalue weighted by atomic mass is 10.2. The number of aromatic nitrogens is 1. The summed E-state index contributed by atoms with van der Waals surface area (Å²) in [5.41, 5.74) is 1.17. The van der Waals surface area contributed by atoms with Gasteiger partial charge >= 0.3 is 0 Å². The van der Waals surface area contributed by atoms with Gasteiger partial charge in [-0.25, -0.2) is 4.98 Å². The van der Waals surface area contributed by atoms with Gasteiger partial charge in [0.05, 0.1) is 34.1 Å². The Kier molecular flexibility index (Phi) is 7.98. The number of fused-ring (bicyclic) bond motifs is 1. The number of carbonyl (C=O) groups excluding carboxylic acids is 2. The molecule has 0 aliphatic heterocycles. The van der Waals surface area contributed by atoms with Crippen LogP contribution in [0.3, 0.4) is 0 Å². The van der Waals surface area contributed by atoms with Crippen molar-refractivity contribution in [3.63, 3.8) is 0 Å². The Labute approximate surface area is 213 Å². The fourth-order valence-electron chi connectivity index (χ4n) is 3.11. The van der Waals surface area contributed by atoms with Crippen molar-refractivity contribution in [1.29, 1.82) is 0 Å². The number of thioether (sulfide) groups is 1. The highest BCUT2D eigenvalue weighted by Crippen LogP contribution is 2.32. The lowest BCUT2D eigenvalue weighted by Crippen LogP contribution is -2.20. The second-order valence-corrected chi connectivity index (χ2v) is 9.54. The molecule has 0 atom stereocenters. The van der Waals surface area contributed by atoms with E-state index < -0.39 is 10.8 Å². The zero-order valence-electron chi connectivity index (χ0n) is 18.9. The summed E-state index contributed by atoms with van der Waals surface area (Å²) >= 11 is 2.59. The van der Waals surface area contributed by atoms with Crippen molar-refractivity contribution in [3.8, 4) is 11.5 Å². The second kappa shape index (κ2) is 11.5. The van der Waals surface area contributed by atoms with Crippen LogP contribution in [0.2, 0.25) is 0 Å². The lowest BCUT2D eigenvalue weighted by molar-refractivity contribution is -0.384. The number of methoxy groups -OCH3 is 1. The van der Waals surface area contributed by atoms with Gasteiger partial charge in [-0.2, -0.15) is 0 Å². The van der Waals surface area contributed by atoms with Crippen LogP contribution in [0.25, 0.3) is 10.2 Å². The van der Waals surface area contributed by atoms with E-state index in [4.69, 9.17) is 9.47 Å². The minimum atomic E-state index is -0.580. The molecule has 0 fully saturated rings. The summed E-state index contributed by atoms with van der Waals surface area (Å²) in [6, 6.07) is 18.6. The standard InChI is InChI=1S/C24H20N4O6S2/c1-33-17-8-10-18(20(12-17)28(31)32)26-23(30)14-35-24-27-19-9-7-15(11-21(19)36-24)25-22(29)13-34-16-5-3-2-4-6-16/h2-12H,13-14H2,1H3,(H,25,29)(H,26,30). The Hall–Kier alpha value is -4.16. The summed E-state index contributed by atoms with van der Waals surface area (Å²) in [4.78, 5) is 39.8. The highest BCUT2D eigenvalue weighted by atomic mass is 32.2. The van der Waals surface area contributed by atoms with Gasteiger partial charge in [0.15, 0.2) is 10.9 Å². The molecule has 0 radical (unpaired) electrons. The molecule has 3 aromatic carbocycles. The minimum Gasteiger partial charge on any atom is -0.496 e. The third-order valence-electron chi connectivity index (χ3n) is 4.77. The number of nitro groups is 1. The van der Waals surface area contributed by atoms with Gasteiger partial charge in [-0.1, -0.05) is 30.0 Å². The number of amides is 2. The minimum absolute atomic E-state index is 0.0173. The highest BCUT2D eigenvalue weighted by molar-refractivity contribution is 8.01. The second-order valence-electron chi connectivity index (χ2n) is 7.29. The van der Waals surface area contributed by atoms with Crippen LogP contribution in [0.4, 0.5) is 17.1 Å². The fourth-order valence-corrected chi connectivity index (χ4v) is 5.02. The Morgan fingerprint density at radius 2 is 1.83 bits per heavy atom. The number of carbonyl (C=O) groups is 2. The van der Waals surface area contributed by atoms with Gasteiger partial charge < -0.3 is 20.1 Å². The smallest absolute Gasteiger partial charge is 0.296 e. The Morgan fingerprint density at radius 3 is 2.58 bits per heavy atom. The third-order valence-corrected chi connectivity index (χ3v) is 6.93. The van der Waals surface area contributed by atoms with Crippen LogP contribution in [0.15, 0.2) is 71.1 Å². The predicted molar refractivity (Wildman–Crippen MR) is 139 cm³/mol. The molecule has 2 amide bonds. The summed E-state index contributed by atoms with van der Waals surface area (Å²) in [7, 11) is 1.41. The zero-order valence-corrected chi connectivity index (χ0v) is 20.6. The number of hydrogen-bond acceptors (Lipinski definition) is 9. The molecule has 12 heteroatoms. The van der Waals surface area contributed by atoms with Crippen LogP contribution in [0.1, 0.15) is 0 Å². The first-order valence-corrected chi connectivity index (χ1v) is 12.3. The Bertz CT molecular complexity index is 1410. The lowest BCUT2D eigenvalue weighted by Gasteiger charge is -2.07. The number of hydrogen-bond donors (Lipinski definition) is 2. The molecule has 1 aromatic heterocycles. The number of nitro benzene ring substituents is 1. The molecule has 0 unspecified atom stereocenters. The molecule has 2 N–H and O–H groups in total. The summed E-state index contributed by atoms with van der Waals surface area (Å²) in [5, 5.41) is 16.7. The molecular weight excluding hydrogens is 504 g/mol. The van der Waals surface area contributed by atoms with E-state index >= 15 is 0 Å². The fraction of sp³-hybridized carbons (Fsp3) is 0.125. The van der Waals surface area contributed by atoms with Crippen LogP contribution >= 0.6 is 23.1 Å². The molecule has 4 rings (SSSR count). The van der Waals surface area contributed by atoms with E-state index in [1.807, 2.05) is 18.2 Å². The average Bonchev–Trinajstić information content (AvgIpc) is 3.29. The van der Waals surface area contributed by atoms with Gasteiger partial charge in [0, 0.05) is 5.69 Å². The van der Waals surface area contributed by atoms with Crippen LogP contribution < -0.4 is 20.1 Å².